The lowest BCUT2D eigenvalue weighted by Crippen LogP contribution is -2.48. The van der Waals surface area contributed by atoms with Crippen molar-refractivity contribution in [1.82, 2.24) is 0 Å². The van der Waals surface area contributed by atoms with E-state index in [1.165, 1.54) is 99.8 Å². The number of hydrogen-bond donors (Lipinski definition) is 2. The lowest BCUT2D eigenvalue weighted by Gasteiger charge is -2.57. The Labute approximate surface area is 362 Å². The van der Waals surface area contributed by atoms with Gasteiger partial charge in [-0.05, 0) is 237 Å². The molecule has 12 aliphatic rings. The molecule has 2 nitrogen and oxygen atoms in total. The summed E-state index contributed by atoms with van der Waals surface area (Å²) in [5, 5.41) is 20.9. The van der Waals surface area contributed by atoms with Gasteiger partial charge in [0.2, 0.25) is 0 Å². The molecule has 324 valence electrons. The van der Waals surface area contributed by atoms with Crippen LogP contribution in [0.5, 0.6) is 11.5 Å². The normalized spacial score (nSPS) is 38.7. The van der Waals surface area contributed by atoms with Crippen molar-refractivity contribution < 1.29 is 14.6 Å². The molecule has 0 atom stereocenters. The van der Waals surface area contributed by atoms with Crippen molar-refractivity contribution in [2.75, 3.05) is 0 Å². The van der Waals surface area contributed by atoms with E-state index >= 15 is 0 Å². The highest BCUT2D eigenvalue weighted by atomic mass is 19.1. The molecule has 60 heavy (non-hydrogen) atoms. The van der Waals surface area contributed by atoms with E-state index in [-0.39, 0.29) is 11.2 Å². The third-order valence-electron chi connectivity index (χ3n) is 18.9. The Morgan fingerprint density at radius 2 is 0.800 bits per heavy atom. The summed E-state index contributed by atoms with van der Waals surface area (Å²) < 4.78 is 14.2. The SMILES string of the molecule is CC(C)c1cc(F)c(O)c(C23CC4CC(CC(C4)C2)C3)c1.CC(C)c1ccc(O)c(C23CC4CC(CC(C4)C2)C3)c1.CC(C)c1cccc(C23CC4CC(CC(C4)C2)C3)c1. The van der Waals surface area contributed by atoms with Gasteiger partial charge in [-0.25, -0.2) is 4.39 Å². The maximum atomic E-state index is 14.2. The van der Waals surface area contributed by atoms with Gasteiger partial charge < -0.3 is 10.2 Å². The summed E-state index contributed by atoms with van der Waals surface area (Å²) in [4.78, 5) is 0. The van der Waals surface area contributed by atoms with Crippen LogP contribution in [-0.4, -0.2) is 10.2 Å². The summed E-state index contributed by atoms with van der Waals surface area (Å²) >= 11 is 0. The topological polar surface area (TPSA) is 40.5 Å². The van der Waals surface area contributed by atoms with Crippen LogP contribution in [0.2, 0.25) is 0 Å². The zero-order valence-electron chi connectivity index (χ0n) is 38.1. The summed E-state index contributed by atoms with van der Waals surface area (Å²) in [7, 11) is 0. The summed E-state index contributed by atoms with van der Waals surface area (Å²) in [6.07, 6.45) is 25.0. The molecule has 2 N–H and O–H groups in total. The standard InChI is InChI=1S/C19H25FO.C19H26O.C19H26/c1-11(2)15-6-16(18(21)17(20)7-15)19-8-12-3-13(9-19)5-14(4-12)10-19;1-12(2)16-3-4-18(20)17(8-16)19-9-13-5-14(10-19)7-15(6-13)11-19;1-13(2)17-4-3-5-18(9-17)19-10-14-6-15(11-19)8-16(7-14)12-19/h6-7,11-14,21H,3-5,8-10H2,1-2H3;3-4,8,12-15,20H,5-7,9-11H2,1-2H3;3-5,9,13-16H,6-8,10-12H2,1-2H3. The lowest BCUT2D eigenvalue weighted by atomic mass is 9.48. The summed E-state index contributed by atoms with van der Waals surface area (Å²) in [6.45, 7) is 13.3. The van der Waals surface area contributed by atoms with Crippen molar-refractivity contribution in [3.63, 3.8) is 0 Å². The van der Waals surface area contributed by atoms with Crippen molar-refractivity contribution in [2.45, 2.75) is 191 Å². The van der Waals surface area contributed by atoms with E-state index in [0.717, 1.165) is 83.7 Å². The number of benzene rings is 3. The minimum absolute atomic E-state index is 0.0601. The molecule has 0 aromatic heterocycles. The van der Waals surface area contributed by atoms with Crippen LogP contribution >= 0.6 is 0 Å². The van der Waals surface area contributed by atoms with E-state index in [1.54, 1.807) is 24.8 Å². The van der Waals surface area contributed by atoms with E-state index in [2.05, 4.69) is 84.0 Å². The third-order valence-corrected chi connectivity index (χ3v) is 18.9. The lowest BCUT2D eigenvalue weighted by molar-refractivity contribution is -0.00646. The Morgan fingerprint density at radius 3 is 1.22 bits per heavy atom. The second-order valence-electron chi connectivity index (χ2n) is 24.4. The third kappa shape index (κ3) is 7.48. The molecule has 0 spiro atoms. The Bertz CT molecular complexity index is 1950. The maximum absolute atomic E-state index is 14.2. The van der Waals surface area contributed by atoms with Gasteiger partial charge in [-0.2, -0.15) is 0 Å². The molecule has 0 amide bonds. The van der Waals surface area contributed by atoms with Crippen LogP contribution in [0, 0.1) is 59.1 Å². The van der Waals surface area contributed by atoms with Crippen molar-refractivity contribution in [3.05, 3.63) is 93.8 Å². The first-order valence-electron chi connectivity index (χ1n) is 25.1. The first-order valence-corrected chi connectivity index (χ1v) is 25.1. The first kappa shape index (κ1) is 41.2. The molecule has 0 radical (unpaired) electrons. The van der Waals surface area contributed by atoms with Crippen LogP contribution in [0.15, 0.2) is 54.6 Å². The average Bonchev–Trinajstić information content (AvgIpc) is 3.18. The smallest absolute Gasteiger partial charge is 0.165 e. The van der Waals surface area contributed by atoms with Crippen LogP contribution < -0.4 is 0 Å². The van der Waals surface area contributed by atoms with Gasteiger partial charge in [-0.15, -0.1) is 0 Å². The predicted octanol–water partition coefficient (Wildman–Crippen LogP) is 15.4. The molecule has 3 heteroatoms. The number of aromatic hydroxyl groups is 2. The number of hydrogen-bond acceptors (Lipinski definition) is 2. The highest BCUT2D eigenvalue weighted by molar-refractivity contribution is 5.46. The number of phenols is 2. The molecule has 3 aromatic rings. The molecule has 12 aliphatic carbocycles. The monoisotopic (exact) mass is 813 g/mol. The molecule has 12 fully saturated rings. The fourth-order valence-corrected chi connectivity index (χ4v) is 17.3. The van der Waals surface area contributed by atoms with Gasteiger partial charge >= 0.3 is 0 Å². The molecule has 15 rings (SSSR count). The molecule has 0 saturated heterocycles. The number of halogens is 1. The van der Waals surface area contributed by atoms with E-state index in [4.69, 9.17) is 0 Å². The van der Waals surface area contributed by atoms with Gasteiger partial charge in [-0.1, -0.05) is 84.0 Å². The van der Waals surface area contributed by atoms with Crippen molar-refractivity contribution >= 4 is 0 Å². The summed E-state index contributed by atoms with van der Waals surface area (Å²) in [5.74, 6) is 9.94. The maximum Gasteiger partial charge on any atom is 0.165 e. The zero-order valence-corrected chi connectivity index (χ0v) is 38.1. The predicted molar refractivity (Wildman–Crippen MR) is 244 cm³/mol. The van der Waals surface area contributed by atoms with Gasteiger partial charge in [0.15, 0.2) is 11.6 Å². The number of rotatable bonds is 6. The van der Waals surface area contributed by atoms with Gasteiger partial charge in [0.25, 0.3) is 0 Å². The van der Waals surface area contributed by atoms with Crippen LogP contribution in [0.25, 0.3) is 0 Å². The van der Waals surface area contributed by atoms with Crippen LogP contribution in [0.3, 0.4) is 0 Å². The van der Waals surface area contributed by atoms with Crippen LogP contribution in [0.1, 0.15) is 208 Å². The van der Waals surface area contributed by atoms with Gasteiger partial charge in [0, 0.05) is 11.1 Å². The Hall–Kier alpha value is -2.81. The molecule has 3 aromatic carbocycles. The highest BCUT2D eigenvalue weighted by Crippen LogP contribution is 2.64. The van der Waals surface area contributed by atoms with E-state index in [0.29, 0.717) is 34.3 Å². The van der Waals surface area contributed by atoms with Gasteiger partial charge in [0.05, 0.1) is 0 Å². The largest absolute Gasteiger partial charge is 0.508 e. The Balaban J connectivity index is 0.000000108. The second kappa shape index (κ2) is 15.5. The zero-order chi connectivity index (χ0) is 41.7. The fraction of sp³-hybridized carbons (Fsp3) is 0.684. The van der Waals surface area contributed by atoms with Crippen molar-refractivity contribution in [1.29, 1.82) is 0 Å². The van der Waals surface area contributed by atoms with Crippen LogP contribution in [-0.2, 0) is 16.2 Å². The van der Waals surface area contributed by atoms with E-state index < -0.39 is 5.82 Å². The molecule has 0 aliphatic heterocycles. The molecule has 0 unspecified atom stereocenters. The highest BCUT2D eigenvalue weighted by Gasteiger charge is 2.55. The first-order chi connectivity index (χ1) is 28.7. The van der Waals surface area contributed by atoms with Gasteiger partial charge in [0.1, 0.15) is 5.75 Å². The molecular weight excluding hydrogens is 736 g/mol. The summed E-state index contributed by atoms with van der Waals surface area (Å²) in [5.41, 5.74) is 8.76. The molecule has 12 bridgehead atoms. The minimum atomic E-state index is -0.424. The second-order valence-corrected chi connectivity index (χ2v) is 24.4. The van der Waals surface area contributed by atoms with Crippen LogP contribution in [0.4, 0.5) is 4.39 Å². The fourth-order valence-electron chi connectivity index (χ4n) is 17.3. The quantitative estimate of drug-likeness (QED) is 0.260. The molecule has 0 heterocycles. The Kier molecular flexibility index (Phi) is 10.6. The molecule has 12 saturated carbocycles. The molecular formula is C57H77FO2. The van der Waals surface area contributed by atoms with Crippen molar-refractivity contribution in [2.24, 2.45) is 53.3 Å². The van der Waals surface area contributed by atoms with E-state index in [9.17, 15) is 14.6 Å². The number of phenolic OH excluding ortho intramolecular Hbond substituents is 2. The summed E-state index contributed by atoms with van der Waals surface area (Å²) in [6, 6.07) is 19.6. The Morgan fingerprint density at radius 1 is 0.433 bits per heavy atom. The van der Waals surface area contributed by atoms with Crippen molar-refractivity contribution in [3.8, 4) is 11.5 Å². The van der Waals surface area contributed by atoms with Gasteiger partial charge in [-0.3, -0.25) is 0 Å². The van der Waals surface area contributed by atoms with E-state index in [1.807, 2.05) is 6.07 Å². The average molecular weight is 813 g/mol. The minimum Gasteiger partial charge on any atom is -0.508 e.